The van der Waals surface area contributed by atoms with Gasteiger partial charge in [-0.05, 0) is 85.7 Å². The number of hydrogen-bond acceptors (Lipinski definition) is 5. The molecule has 3 saturated carbocycles. The minimum Gasteiger partial charge on any atom is -0.454 e. The molecule has 5 heteroatoms. The maximum absolute atomic E-state index is 11.6. The number of rotatable bonds is 4. The second kappa shape index (κ2) is 7.70. The molecular formula is C26H37NO4. The number of benzene rings is 1. The van der Waals surface area contributed by atoms with Crippen LogP contribution in [-0.2, 0) is 0 Å². The molecule has 3 aliphatic carbocycles. The largest absolute Gasteiger partial charge is 0.454 e. The number of nitrogens with one attached hydrogen (secondary N) is 1. The highest BCUT2D eigenvalue weighted by Gasteiger charge is 2.56. The lowest BCUT2D eigenvalue weighted by Gasteiger charge is -2.55. The first-order chi connectivity index (χ1) is 14.8. The lowest BCUT2D eigenvalue weighted by molar-refractivity contribution is -0.116. The van der Waals surface area contributed by atoms with Crippen LogP contribution in [0.1, 0.15) is 58.8 Å². The Morgan fingerprint density at radius 3 is 2.71 bits per heavy atom. The highest BCUT2D eigenvalue weighted by atomic mass is 16.7. The summed E-state index contributed by atoms with van der Waals surface area (Å²) in [6, 6.07) is 5.96. The van der Waals surface area contributed by atoms with E-state index in [1.807, 2.05) is 18.2 Å². The molecule has 3 N–H and O–H groups in total. The quantitative estimate of drug-likeness (QED) is 0.606. The van der Waals surface area contributed by atoms with Gasteiger partial charge in [0, 0.05) is 18.3 Å². The monoisotopic (exact) mass is 427 g/mol. The van der Waals surface area contributed by atoms with Crippen molar-refractivity contribution in [1.29, 1.82) is 0 Å². The number of ether oxygens (including phenoxy) is 2. The van der Waals surface area contributed by atoms with Crippen molar-refractivity contribution in [2.24, 2.45) is 28.6 Å². The molecule has 1 aromatic carbocycles. The summed E-state index contributed by atoms with van der Waals surface area (Å²) in [5.41, 5.74) is 2.45. The average Bonchev–Trinajstić information content (AvgIpc) is 3.33. The van der Waals surface area contributed by atoms with E-state index in [9.17, 15) is 10.2 Å². The molecule has 1 heterocycles. The van der Waals surface area contributed by atoms with Gasteiger partial charge in [-0.15, -0.1) is 0 Å². The predicted octanol–water partition coefficient (Wildman–Crippen LogP) is 4.74. The van der Waals surface area contributed by atoms with Crippen LogP contribution < -0.4 is 14.8 Å². The number of anilines is 1. The first-order valence-corrected chi connectivity index (χ1v) is 12.0. The lowest BCUT2D eigenvalue weighted by Crippen LogP contribution is -2.53. The van der Waals surface area contributed by atoms with Gasteiger partial charge in [-0.3, -0.25) is 0 Å². The van der Waals surface area contributed by atoms with Crippen LogP contribution in [0.2, 0.25) is 0 Å². The van der Waals surface area contributed by atoms with Crippen molar-refractivity contribution in [3.8, 4) is 11.5 Å². The summed E-state index contributed by atoms with van der Waals surface area (Å²) < 4.78 is 10.9. The van der Waals surface area contributed by atoms with E-state index < -0.39 is 0 Å². The summed E-state index contributed by atoms with van der Waals surface area (Å²) in [6.45, 7) is 10.1. The molecule has 0 amide bonds. The van der Waals surface area contributed by atoms with E-state index in [0.717, 1.165) is 68.7 Å². The number of hydrogen-bond donors (Lipinski definition) is 3. The molecule has 7 atom stereocenters. The van der Waals surface area contributed by atoms with E-state index in [2.05, 4.69) is 25.7 Å². The molecule has 5 rings (SSSR count). The first kappa shape index (κ1) is 21.1. The second-order valence-electron chi connectivity index (χ2n) is 10.9. The first-order valence-electron chi connectivity index (χ1n) is 12.0. The van der Waals surface area contributed by atoms with Crippen molar-refractivity contribution in [3.05, 3.63) is 30.4 Å². The lowest BCUT2D eigenvalue weighted by atomic mass is 9.52. The Morgan fingerprint density at radius 2 is 1.87 bits per heavy atom. The van der Waals surface area contributed by atoms with E-state index >= 15 is 0 Å². The van der Waals surface area contributed by atoms with Crippen molar-refractivity contribution in [2.75, 3.05) is 18.7 Å². The molecule has 5 nitrogen and oxygen atoms in total. The fourth-order valence-corrected chi connectivity index (χ4v) is 7.18. The van der Waals surface area contributed by atoms with Gasteiger partial charge in [-0.1, -0.05) is 26.0 Å². The molecule has 0 saturated heterocycles. The molecule has 0 bridgehead atoms. The number of aliphatic hydroxyl groups is 2. The van der Waals surface area contributed by atoms with Gasteiger partial charge in [0.05, 0.1) is 12.2 Å². The Labute approximate surface area is 185 Å². The normalized spacial score (nSPS) is 41.8. The van der Waals surface area contributed by atoms with Gasteiger partial charge >= 0.3 is 0 Å². The molecule has 4 aliphatic rings. The number of fused-ring (bicyclic) bond motifs is 2. The van der Waals surface area contributed by atoms with Crippen LogP contribution in [0.4, 0.5) is 5.69 Å². The van der Waals surface area contributed by atoms with E-state index in [4.69, 9.17) is 9.47 Å². The zero-order chi connectivity index (χ0) is 21.8. The van der Waals surface area contributed by atoms with Crippen molar-refractivity contribution in [3.63, 3.8) is 0 Å². The summed E-state index contributed by atoms with van der Waals surface area (Å²) in [5.74, 6) is 2.46. The molecule has 3 fully saturated rings. The predicted molar refractivity (Wildman–Crippen MR) is 121 cm³/mol. The van der Waals surface area contributed by atoms with Crippen LogP contribution in [0, 0.1) is 28.6 Å². The van der Waals surface area contributed by atoms with E-state index in [1.165, 1.54) is 5.57 Å². The van der Waals surface area contributed by atoms with Crippen LogP contribution in [0.3, 0.4) is 0 Å². The number of aliphatic hydroxyl groups excluding tert-OH is 2. The van der Waals surface area contributed by atoms with E-state index in [0.29, 0.717) is 11.8 Å². The smallest absolute Gasteiger partial charge is 0.231 e. The molecule has 1 aromatic rings. The molecule has 31 heavy (non-hydrogen) atoms. The topological polar surface area (TPSA) is 71.0 Å². The van der Waals surface area contributed by atoms with Gasteiger partial charge in [0.25, 0.3) is 0 Å². The summed E-state index contributed by atoms with van der Waals surface area (Å²) >= 11 is 0. The Kier molecular flexibility index (Phi) is 5.25. The van der Waals surface area contributed by atoms with Gasteiger partial charge in [0.2, 0.25) is 6.79 Å². The molecular weight excluding hydrogens is 390 g/mol. The summed E-state index contributed by atoms with van der Waals surface area (Å²) in [7, 11) is 0. The minimum absolute atomic E-state index is 0.00718. The third kappa shape index (κ3) is 3.45. The molecule has 7 unspecified atom stereocenters. The standard InChI is InChI=1S/C26H37NO4/c1-16-4-6-20-24(29)21(9-11-25(16,20)2)26(3)10-8-19(28)12-17(26)14-27-18-5-7-22-23(13-18)31-15-30-22/h5,7,13,17,19-21,24,27-29H,1,4,6,8-12,14-15H2,2-3H3. The maximum Gasteiger partial charge on any atom is 0.231 e. The second-order valence-corrected chi connectivity index (χ2v) is 10.9. The van der Waals surface area contributed by atoms with Crippen molar-refractivity contribution in [2.45, 2.75) is 71.0 Å². The Hall–Kier alpha value is -1.72. The van der Waals surface area contributed by atoms with Crippen LogP contribution in [0.5, 0.6) is 11.5 Å². The Morgan fingerprint density at radius 1 is 1.06 bits per heavy atom. The van der Waals surface area contributed by atoms with Gasteiger partial charge in [-0.2, -0.15) is 0 Å². The third-order valence-corrected chi connectivity index (χ3v) is 9.46. The molecule has 0 spiro atoms. The zero-order valence-corrected chi connectivity index (χ0v) is 18.9. The van der Waals surface area contributed by atoms with Gasteiger partial charge in [0.1, 0.15) is 0 Å². The van der Waals surface area contributed by atoms with Crippen LogP contribution in [0.15, 0.2) is 30.4 Å². The molecule has 1 aliphatic heterocycles. The van der Waals surface area contributed by atoms with Gasteiger partial charge < -0.3 is 25.0 Å². The van der Waals surface area contributed by atoms with Crippen LogP contribution >= 0.6 is 0 Å². The van der Waals surface area contributed by atoms with Crippen molar-refractivity contribution < 1.29 is 19.7 Å². The van der Waals surface area contributed by atoms with E-state index in [1.54, 1.807) is 0 Å². The van der Waals surface area contributed by atoms with Crippen LogP contribution in [-0.4, -0.2) is 35.8 Å². The summed E-state index contributed by atoms with van der Waals surface area (Å²) in [5, 5.41) is 25.6. The average molecular weight is 428 g/mol. The SMILES string of the molecule is C=C1CCC2C(O)C(C3(C)CCC(O)CC3CNc3ccc4c(c3)OCO4)CCC12C. The fraction of sp³-hybridized carbons (Fsp3) is 0.692. The maximum atomic E-state index is 11.6. The summed E-state index contributed by atoms with van der Waals surface area (Å²) in [6.07, 6.45) is 6.31. The summed E-state index contributed by atoms with van der Waals surface area (Å²) in [4.78, 5) is 0. The van der Waals surface area contributed by atoms with Gasteiger partial charge in [0.15, 0.2) is 11.5 Å². The van der Waals surface area contributed by atoms with Crippen LogP contribution in [0.25, 0.3) is 0 Å². The molecule has 170 valence electrons. The zero-order valence-electron chi connectivity index (χ0n) is 18.9. The Balaban J connectivity index is 1.34. The molecule has 0 radical (unpaired) electrons. The fourth-order valence-electron chi connectivity index (χ4n) is 7.18. The molecule has 0 aromatic heterocycles. The van der Waals surface area contributed by atoms with Crippen molar-refractivity contribution >= 4 is 5.69 Å². The van der Waals surface area contributed by atoms with Crippen molar-refractivity contribution in [1.82, 2.24) is 0 Å². The van der Waals surface area contributed by atoms with Gasteiger partial charge in [-0.25, -0.2) is 0 Å². The highest BCUT2D eigenvalue weighted by molar-refractivity contribution is 5.55. The third-order valence-electron chi connectivity index (χ3n) is 9.46. The minimum atomic E-state index is -0.286. The number of allylic oxidation sites excluding steroid dienone is 1. The van der Waals surface area contributed by atoms with E-state index in [-0.39, 0.29) is 35.7 Å². The highest BCUT2D eigenvalue weighted by Crippen LogP contribution is 2.61. The Bertz CT molecular complexity index is 856.